The third-order valence-corrected chi connectivity index (χ3v) is 3.95. The fraction of sp³-hybridized carbons (Fsp3) is 0.429. The maximum Gasteiger partial charge on any atom is 0.138 e. The lowest BCUT2D eigenvalue weighted by atomic mass is 10.0. The Labute approximate surface area is 129 Å². The molecule has 0 spiro atoms. The molecule has 1 unspecified atom stereocenters. The van der Waals surface area contributed by atoms with Gasteiger partial charge in [0.2, 0.25) is 0 Å². The highest BCUT2D eigenvalue weighted by molar-refractivity contribution is 6.42. The van der Waals surface area contributed by atoms with Gasteiger partial charge >= 0.3 is 0 Å². The number of benzene rings is 1. The highest BCUT2D eigenvalue weighted by Crippen LogP contribution is 2.26. The van der Waals surface area contributed by atoms with Gasteiger partial charge in [-0.1, -0.05) is 36.2 Å². The molecular formula is C14H18Cl2N4. The van der Waals surface area contributed by atoms with Crippen LogP contribution in [-0.2, 0) is 13.0 Å². The largest absolute Gasteiger partial charge is 0.313 e. The Hall–Kier alpha value is -1.10. The Morgan fingerprint density at radius 3 is 2.75 bits per heavy atom. The van der Waals surface area contributed by atoms with Gasteiger partial charge in [-0.25, -0.2) is 4.98 Å². The Bertz CT molecular complexity index is 568. The van der Waals surface area contributed by atoms with Crippen LogP contribution < -0.4 is 5.32 Å². The lowest BCUT2D eigenvalue weighted by Gasteiger charge is -2.17. The quantitative estimate of drug-likeness (QED) is 0.887. The first kappa shape index (κ1) is 15.3. The molecule has 4 nitrogen and oxygen atoms in total. The van der Waals surface area contributed by atoms with E-state index in [1.54, 1.807) is 6.33 Å². The zero-order valence-electron chi connectivity index (χ0n) is 11.6. The highest BCUT2D eigenvalue weighted by atomic mass is 35.5. The minimum absolute atomic E-state index is 0.129. The first-order chi connectivity index (χ1) is 9.65. The van der Waals surface area contributed by atoms with E-state index in [4.69, 9.17) is 23.2 Å². The third-order valence-electron chi connectivity index (χ3n) is 3.21. The Morgan fingerprint density at radius 1 is 1.30 bits per heavy atom. The molecule has 0 saturated carbocycles. The SMILES string of the molecule is CCCn1ncnc1CC(NC)c1ccc(Cl)c(Cl)c1. The van der Waals surface area contributed by atoms with Crippen LogP contribution in [0, 0.1) is 0 Å². The molecule has 0 amide bonds. The van der Waals surface area contributed by atoms with Crippen molar-refractivity contribution in [2.75, 3.05) is 7.05 Å². The zero-order valence-corrected chi connectivity index (χ0v) is 13.1. The maximum atomic E-state index is 6.08. The first-order valence-electron chi connectivity index (χ1n) is 6.64. The van der Waals surface area contributed by atoms with Crippen molar-refractivity contribution in [3.05, 3.63) is 46.0 Å². The molecule has 20 heavy (non-hydrogen) atoms. The number of aromatic nitrogens is 3. The van der Waals surface area contributed by atoms with Gasteiger partial charge in [0.05, 0.1) is 10.0 Å². The van der Waals surface area contributed by atoms with Crippen molar-refractivity contribution in [1.29, 1.82) is 0 Å². The number of likely N-dealkylation sites (N-methyl/N-ethyl adjacent to an activating group) is 1. The van der Waals surface area contributed by atoms with Crippen LogP contribution in [0.1, 0.15) is 30.8 Å². The van der Waals surface area contributed by atoms with Gasteiger partial charge in [-0.3, -0.25) is 4.68 Å². The summed E-state index contributed by atoms with van der Waals surface area (Å²) in [5.41, 5.74) is 1.09. The molecule has 0 aliphatic heterocycles. The molecule has 6 heteroatoms. The van der Waals surface area contributed by atoms with Gasteiger partial charge in [-0.05, 0) is 31.2 Å². The van der Waals surface area contributed by atoms with Gasteiger partial charge in [0.1, 0.15) is 12.2 Å². The number of hydrogen-bond donors (Lipinski definition) is 1. The third kappa shape index (κ3) is 3.51. The van der Waals surface area contributed by atoms with Crippen molar-refractivity contribution in [3.63, 3.8) is 0 Å². The second-order valence-corrected chi connectivity index (χ2v) is 5.43. The summed E-state index contributed by atoms with van der Waals surface area (Å²) in [5.74, 6) is 0.970. The van der Waals surface area contributed by atoms with Crippen LogP contribution in [0.4, 0.5) is 0 Å². The Balaban J connectivity index is 2.19. The van der Waals surface area contributed by atoms with Gasteiger partial charge in [-0.2, -0.15) is 5.10 Å². The van der Waals surface area contributed by atoms with Crippen LogP contribution >= 0.6 is 23.2 Å². The van der Waals surface area contributed by atoms with E-state index in [1.165, 1.54) is 0 Å². The molecule has 1 N–H and O–H groups in total. The van der Waals surface area contributed by atoms with E-state index in [0.717, 1.165) is 30.8 Å². The summed E-state index contributed by atoms with van der Waals surface area (Å²) in [6.07, 6.45) is 3.40. The molecule has 2 aromatic rings. The summed E-state index contributed by atoms with van der Waals surface area (Å²) >= 11 is 12.0. The predicted molar refractivity (Wildman–Crippen MR) is 82.3 cm³/mol. The molecule has 0 aliphatic rings. The van der Waals surface area contributed by atoms with E-state index >= 15 is 0 Å². The van der Waals surface area contributed by atoms with E-state index < -0.39 is 0 Å². The number of hydrogen-bond acceptors (Lipinski definition) is 3. The zero-order chi connectivity index (χ0) is 14.5. The lowest BCUT2D eigenvalue weighted by Crippen LogP contribution is -2.21. The van der Waals surface area contributed by atoms with Gasteiger partial charge in [0, 0.05) is 19.0 Å². The van der Waals surface area contributed by atoms with Crippen LogP contribution in [0.25, 0.3) is 0 Å². The van der Waals surface area contributed by atoms with Crippen molar-refractivity contribution in [2.24, 2.45) is 0 Å². The first-order valence-corrected chi connectivity index (χ1v) is 7.40. The van der Waals surface area contributed by atoms with Crippen LogP contribution in [0.5, 0.6) is 0 Å². The molecule has 1 heterocycles. The lowest BCUT2D eigenvalue weighted by molar-refractivity contribution is 0.517. The number of aryl methyl sites for hydroxylation is 1. The summed E-state index contributed by atoms with van der Waals surface area (Å²) in [4.78, 5) is 4.34. The predicted octanol–water partition coefficient (Wildman–Crippen LogP) is 3.50. The number of nitrogens with zero attached hydrogens (tertiary/aromatic N) is 3. The number of nitrogens with one attached hydrogen (secondary N) is 1. The summed E-state index contributed by atoms with van der Waals surface area (Å²) < 4.78 is 1.95. The smallest absolute Gasteiger partial charge is 0.138 e. The van der Waals surface area contributed by atoms with Gasteiger partial charge in [0.25, 0.3) is 0 Å². The Kier molecular flexibility index (Phi) is 5.40. The summed E-state index contributed by atoms with van der Waals surface area (Å²) in [5, 5.41) is 8.68. The van der Waals surface area contributed by atoms with Crippen LogP contribution in [0.2, 0.25) is 10.0 Å². The summed E-state index contributed by atoms with van der Waals surface area (Å²) in [6.45, 7) is 3.01. The minimum atomic E-state index is 0.129. The molecule has 108 valence electrons. The molecule has 1 atom stereocenters. The second kappa shape index (κ2) is 7.07. The topological polar surface area (TPSA) is 42.7 Å². The van der Waals surface area contributed by atoms with E-state index in [1.807, 2.05) is 29.9 Å². The summed E-state index contributed by atoms with van der Waals surface area (Å²) in [6, 6.07) is 5.83. The molecule has 1 aromatic heterocycles. The van der Waals surface area contributed by atoms with Gasteiger partial charge in [0.15, 0.2) is 0 Å². The Morgan fingerprint density at radius 2 is 2.10 bits per heavy atom. The molecule has 0 saturated heterocycles. The van der Waals surface area contributed by atoms with E-state index in [0.29, 0.717) is 10.0 Å². The van der Waals surface area contributed by atoms with Crippen molar-refractivity contribution in [1.82, 2.24) is 20.1 Å². The van der Waals surface area contributed by atoms with Crippen LogP contribution in [-0.4, -0.2) is 21.8 Å². The van der Waals surface area contributed by atoms with Crippen LogP contribution in [0.15, 0.2) is 24.5 Å². The molecule has 0 radical (unpaired) electrons. The average Bonchev–Trinajstić information content (AvgIpc) is 2.87. The van der Waals surface area contributed by atoms with E-state index in [-0.39, 0.29) is 6.04 Å². The van der Waals surface area contributed by atoms with E-state index in [9.17, 15) is 0 Å². The molecule has 2 rings (SSSR count). The monoisotopic (exact) mass is 312 g/mol. The average molecular weight is 313 g/mol. The van der Waals surface area contributed by atoms with Gasteiger partial charge in [-0.15, -0.1) is 0 Å². The molecule has 0 fully saturated rings. The van der Waals surface area contributed by atoms with Crippen molar-refractivity contribution in [3.8, 4) is 0 Å². The maximum absolute atomic E-state index is 6.08. The molecular weight excluding hydrogens is 295 g/mol. The standard InChI is InChI=1S/C14H18Cl2N4/c1-3-6-20-14(18-9-19-20)8-13(17-2)10-4-5-11(15)12(16)7-10/h4-5,7,9,13,17H,3,6,8H2,1-2H3. The van der Waals surface area contributed by atoms with Crippen molar-refractivity contribution in [2.45, 2.75) is 32.4 Å². The fourth-order valence-electron chi connectivity index (χ4n) is 2.14. The van der Waals surface area contributed by atoms with E-state index in [2.05, 4.69) is 22.3 Å². The van der Waals surface area contributed by atoms with Gasteiger partial charge < -0.3 is 5.32 Å². The second-order valence-electron chi connectivity index (χ2n) is 4.62. The minimum Gasteiger partial charge on any atom is -0.313 e. The highest BCUT2D eigenvalue weighted by Gasteiger charge is 2.15. The normalized spacial score (nSPS) is 12.6. The molecule has 0 bridgehead atoms. The molecule has 0 aliphatic carbocycles. The number of rotatable bonds is 6. The molecule has 1 aromatic carbocycles. The fourth-order valence-corrected chi connectivity index (χ4v) is 2.45. The summed E-state index contributed by atoms with van der Waals surface area (Å²) in [7, 11) is 1.92. The van der Waals surface area contributed by atoms with Crippen LogP contribution in [0.3, 0.4) is 0 Å². The number of halogens is 2. The van der Waals surface area contributed by atoms with Crippen molar-refractivity contribution >= 4 is 23.2 Å². The van der Waals surface area contributed by atoms with Crippen molar-refractivity contribution < 1.29 is 0 Å².